The van der Waals surface area contributed by atoms with Crippen LogP contribution < -0.4 is 0 Å². The number of hydrogen-bond acceptors (Lipinski definition) is 4. The Labute approximate surface area is 96.3 Å². The van der Waals surface area contributed by atoms with Crippen LogP contribution in [0.2, 0.25) is 0 Å². The number of nitrogens with zero attached hydrogens (tertiary/aromatic N) is 1. The molecule has 88 valence electrons. The van der Waals surface area contributed by atoms with E-state index >= 15 is 0 Å². The highest BCUT2D eigenvalue weighted by Gasteiger charge is 2.20. The normalized spacial score (nSPS) is 12.3. The minimum atomic E-state index is -0.526. The number of non-ortho nitro benzene ring substituents is 1. The van der Waals surface area contributed by atoms with Gasteiger partial charge in [0.05, 0.1) is 15.8 Å². The van der Waals surface area contributed by atoms with Crippen molar-refractivity contribution < 1.29 is 14.5 Å². The number of nitro benzene ring substituents is 1. The Morgan fingerprint density at radius 2 is 2.29 bits per heavy atom. The molecular weight excluding hydrogens is 224 g/mol. The second kappa shape index (κ2) is 4.25. The molecule has 1 heterocycles. The van der Waals surface area contributed by atoms with Crippen molar-refractivity contribution in [3.8, 4) is 0 Å². The van der Waals surface area contributed by atoms with Gasteiger partial charge in [0.15, 0.2) is 0 Å². The average Bonchev–Trinajstić information content (AvgIpc) is 2.72. The molecule has 0 spiro atoms. The van der Waals surface area contributed by atoms with Gasteiger partial charge >= 0.3 is 0 Å². The Kier molecular flexibility index (Phi) is 2.78. The van der Waals surface area contributed by atoms with Crippen LogP contribution in [0.5, 0.6) is 0 Å². The highest BCUT2D eigenvalue weighted by atomic mass is 16.6. The minimum Gasteiger partial charge on any atom is -0.460 e. The molecule has 0 bridgehead atoms. The summed E-state index contributed by atoms with van der Waals surface area (Å²) in [6.45, 7) is 1.99. The number of fused-ring (bicyclic) bond motifs is 1. The Hall–Kier alpha value is -2.37. The third-order valence-corrected chi connectivity index (χ3v) is 2.61. The third-order valence-electron chi connectivity index (χ3n) is 2.61. The number of carbonyl (C=O) groups is 1. The minimum absolute atomic E-state index is 0.0000916. The molecule has 0 aliphatic rings. The summed E-state index contributed by atoms with van der Waals surface area (Å²) in [5.74, 6) is 0. The van der Waals surface area contributed by atoms with E-state index in [0.29, 0.717) is 22.9 Å². The van der Waals surface area contributed by atoms with E-state index in [1.54, 1.807) is 25.3 Å². The molecule has 0 saturated carbocycles. The molecule has 1 aromatic carbocycles. The largest absolute Gasteiger partial charge is 0.460 e. The van der Waals surface area contributed by atoms with E-state index in [1.165, 1.54) is 6.07 Å². The molecule has 6 nitrogen and oxygen atoms in total. The maximum atomic E-state index is 10.9. The molecule has 0 fully saturated rings. The maximum absolute atomic E-state index is 10.9. The van der Waals surface area contributed by atoms with Gasteiger partial charge in [0, 0.05) is 17.8 Å². The fourth-order valence-electron chi connectivity index (χ4n) is 1.82. The topological polar surface area (TPSA) is 85.2 Å². The van der Waals surface area contributed by atoms with E-state index in [2.05, 4.69) is 4.98 Å². The quantitative estimate of drug-likeness (QED) is 0.499. The molecule has 0 amide bonds. The lowest BCUT2D eigenvalue weighted by molar-refractivity contribution is -0.383. The molecule has 1 unspecified atom stereocenters. The zero-order valence-corrected chi connectivity index (χ0v) is 9.04. The Balaban J connectivity index is 2.64. The highest BCUT2D eigenvalue weighted by molar-refractivity contribution is 5.92. The molecule has 1 aromatic heterocycles. The van der Waals surface area contributed by atoms with E-state index in [-0.39, 0.29) is 5.69 Å². The van der Waals surface area contributed by atoms with E-state index < -0.39 is 11.0 Å². The first-order valence-electron chi connectivity index (χ1n) is 4.98. The van der Waals surface area contributed by atoms with Crippen molar-refractivity contribution in [2.24, 2.45) is 0 Å². The number of aromatic amines is 1. The van der Waals surface area contributed by atoms with Gasteiger partial charge in [0.2, 0.25) is 0 Å². The van der Waals surface area contributed by atoms with Crippen molar-refractivity contribution in [2.75, 3.05) is 0 Å². The fraction of sp³-hybridized carbons (Fsp3) is 0.182. The summed E-state index contributed by atoms with van der Waals surface area (Å²) >= 11 is 0. The van der Waals surface area contributed by atoms with E-state index in [9.17, 15) is 14.9 Å². The molecule has 0 radical (unpaired) electrons. The van der Waals surface area contributed by atoms with Crippen molar-refractivity contribution in [2.45, 2.75) is 13.0 Å². The standard InChI is InChI=1S/C11H10N2O4/c1-7(17-6-14)8-5-12-9-3-2-4-10(11(8)9)13(15)16/h2-7,12H,1H3. The van der Waals surface area contributed by atoms with Crippen LogP contribution in [0.3, 0.4) is 0 Å². The lowest BCUT2D eigenvalue weighted by Gasteiger charge is -2.07. The first-order chi connectivity index (χ1) is 8.15. The molecule has 0 aliphatic carbocycles. The van der Waals surface area contributed by atoms with Crippen molar-refractivity contribution in [1.82, 2.24) is 4.98 Å². The lowest BCUT2D eigenvalue weighted by atomic mass is 10.1. The van der Waals surface area contributed by atoms with Gasteiger partial charge in [-0.25, -0.2) is 0 Å². The number of nitro groups is 1. The summed E-state index contributed by atoms with van der Waals surface area (Å²) < 4.78 is 4.81. The number of H-pyrrole nitrogens is 1. The molecule has 1 N–H and O–H groups in total. The lowest BCUT2D eigenvalue weighted by Crippen LogP contribution is -1.98. The Morgan fingerprint density at radius 1 is 1.53 bits per heavy atom. The van der Waals surface area contributed by atoms with Crippen LogP contribution in [0.15, 0.2) is 24.4 Å². The van der Waals surface area contributed by atoms with Gasteiger partial charge in [0.25, 0.3) is 12.2 Å². The van der Waals surface area contributed by atoms with Crippen LogP contribution in [-0.4, -0.2) is 16.4 Å². The van der Waals surface area contributed by atoms with Gasteiger partial charge in [-0.2, -0.15) is 0 Å². The summed E-state index contributed by atoms with van der Waals surface area (Å²) in [6.07, 6.45) is 1.09. The van der Waals surface area contributed by atoms with Crippen LogP contribution in [0, 0.1) is 10.1 Å². The average molecular weight is 234 g/mol. The number of benzene rings is 1. The number of ether oxygens (including phenoxy) is 1. The van der Waals surface area contributed by atoms with Gasteiger partial charge < -0.3 is 9.72 Å². The van der Waals surface area contributed by atoms with Crippen molar-refractivity contribution >= 4 is 23.1 Å². The predicted octanol–water partition coefficient (Wildman–Crippen LogP) is 2.31. The van der Waals surface area contributed by atoms with Gasteiger partial charge in [-0.3, -0.25) is 14.9 Å². The van der Waals surface area contributed by atoms with Crippen LogP contribution in [0.25, 0.3) is 10.9 Å². The molecule has 6 heteroatoms. The number of aromatic nitrogens is 1. The van der Waals surface area contributed by atoms with E-state index in [1.807, 2.05) is 0 Å². The first kappa shape index (κ1) is 11.1. The van der Waals surface area contributed by atoms with E-state index in [4.69, 9.17) is 4.74 Å². The molecule has 0 aliphatic heterocycles. The fourth-order valence-corrected chi connectivity index (χ4v) is 1.82. The molecular formula is C11H10N2O4. The summed E-state index contributed by atoms with van der Waals surface area (Å²) in [6, 6.07) is 4.76. The van der Waals surface area contributed by atoms with Gasteiger partial charge in [-0.15, -0.1) is 0 Å². The number of hydrogen-bond donors (Lipinski definition) is 1. The second-order valence-corrected chi connectivity index (χ2v) is 3.58. The monoisotopic (exact) mass is 234 g/mol. The van der Waals surface area contributed by atoms with Gasteiger partial charge in [-0.1, -0.05) is 6.07 Å². The van der Waals surface area contributed by atoms with Crippen LogP contribution in [-0.2, 0) is 9.53 Å². The molecule has 0 saturated heterocycles. The SMILES string of the molecule is CC(OC=O)c1c[nH]c2cccc([N+](=O)[O-])c12. The molecule has 1 atom stereocenters. The summed E-state index contributed by atoms with van der Waals surface area (Å²) in [5, 5.41) is 11.4. The zero-order chi connectivity index (χ0) is 12.4. The first-order valence-corrected chi connectivity index (χ1v) is 4.98. The van der Waals surface area contributed by atoms with Crippen LogP contribution >= 0.6 is 0 Å². The van der Waals surface area contributed by atoms with Gasteiger partial charge in [0.1, 0.15) is 6.10 Å². The van der Waals surface area contributed by atoms with Gasteiger partial charge in [-0.05, 0) is 13.0 Å². The number of rotatable bonds is 4. The second-order valence-electron chi connectivity index (χ2n) is 3.58. The summed E-state index contributed by atoms with van der Waals surface area (Å²) in [4.78, 5) is 23.7. The smallest absolute Gasteiger partial charge is 0.293 e. The van der Waals surface area contributed by atoms with E-state index in [0.717, 1.165) is 0 Å². The molecule has 17 heavy (non-hydrogen) atoms. The number of carbonyl (C=O) groups excluding carboxylic acids is 1. The Morgan fingerprint density at radius 3 is 2.94 bits per heavy atom. The summed E-state index contributed by atoms with van der Waals surface area (Å²) in [5.41, 5.74) is 1.25. The third kappa shape index (κ3) is 1.84. The highest BCUT2D eigenvalue weighted by Crippen LogP contribution is 2.32. The van der Waals surface area contributed by atoms with Crippen molar-refractivity contribution in [3.05, 3.63) is 40.1 Å². The summed E-state index contributed by atoms with van der Waals surface area (Å²) in [7, 11) is 0. The van der Waals surface area contributed by atoms with Crippen molar-refractivity contribution in [3.63, 3.8) is 0 Å². The zero-order valence-electron chi connectivity index (χ0n) is 9.04. The molecule has 2 aromatic rings. The Bertz CT molecular complexity index is 576. The number of nitrogens with one attached hydrogen (secondary N) is 1. The maximum Gasteiger partial charge on any atom is 0.293 e. The molecule has 2 rings (SSSR count). The predicted molar refractivity (Wildman–Crippen MR) is 60.5 cm³/mol. The van der Waals surface area contributed by atoms with Crippen molar-refractivity contribution in [1.29, 1.82) is 0 Å². The van der Waals surface area contributed by atoms with Crippen LogP contribution in [0.1, 0.15) is 18.6 Å². The van der Waals surface area contributed by atoms with Crippen LogP contribution in [0.4, 0.5) is 5.69 Å².